The molecule has 6 heteroatoms. The van der Waals surface area contributed by atoms with Crippen molar-refractivity contribution in [3.8, 4) is 0 Å². The molecule has 0 saturated carbocycles. The molecule has 0 bridgehead atoms. The van der Waals surface area contributed by atoms with Crippen LogP contribution in [-0.4, -0.2) is 29.6 Å². The summed E-state index contributed by atoms with van der Waals surface area (Å²) in [5.41, 5.74) is 7.75. The molecule has 102 valence electrons. The predicted molar refractivity (Wildman–Crippen MR) is 75.0 cm³/mol. The van der Waals surface area contributed by atoms with Crippen LogP contribution in [0.3, 0.4) is 0 Å². The molecule has 5 nitrogen and oxygen atoms in total. The van der Waals surface area contributed by atoms with E-state index in [9.17, 15) is 9.59 Å². The van der Waals surface area contributed by atoms with Crippen molar-refractivity contribution in [3.63, 3.8) is 0 Å². The van der Waals surface area contributed by atoms with Gasteiger partial charge in [0.25, 0.3) is 0 Å². The molecule has 1 atom stereocenters. The van der Waals surface area contributed by atoms with Crippen LogP contribution in [0.2, 0.25) is 0 Å². The zero-order valence-corrected chi connectivity index (χ0v) is 11.9. The highest BCUT2D eigenvalue weighted by atomic mass is 79.9. The van der Waals surface area contributed by atoms with Crippen LogP contribution in [0, 0.1) is 0 Å². The summed E-state index contributed by atoms with van der Waals surface area (Å²) in [7, 11) is 0. The Balaban J connectivity index is 2.08. The van der Waals surface area contributed by atoms with Gasteiger partial charge in [-0.05, 0) is 36.6 Å². The van der Waals surface area contributed by atoms with E-state index in [-0.39, 0.29) is 18.7 Å². The molecule has 2 rings (SSSR count). The van der Waals surface area contributed by atoms with Crippen LogP contribution in [0.15, 0.2) is 22.7 Å². The third-order valence-electron chi connectivity index (χ3n) is 3.19. The predicted octanol–water partition coefficient (Wildman–Crippen LogP) is 1.53. The van der Waals surface area contributed by atoms with Crippen LogP contribution < -0.4 is 10.6 Å². The van der Waals surface area contributed by atoms with Crippen molar-refractivity contribution < 1.29 is 14.7 Å². The Kier molecular flexibility index (Phi) is 4.21. The minimum Gasteiger partial charge on any atom is -0.481 e. The summed E-state index contributed by atoms with van der Waals surface area (Å²) in [4.78, 5) is 24.3. The average Bonchev–Trinajstić information content (AvgIpc) is 2.77. The van der Waals surface area contributed by atoms with Crippen LogP contribution in [0.25, 0.3) is 0 Å². The summed E-state index contributed by atoms with van der Waals surface area (Å²) in [6.07, 6.45) is 0.872. The van der Waals surface area contributed by atoms with Crippen molar-refractivity contribution >= 4 is 33.5 Å². The van der Waals surface area contributed by atoms with Gasteiger partial charge in [-0.3, -0.25) is 9.59 Å². The summed E-state index contributed by atoms with van der Waals surface area (Å²) in [5, 5.41) is 8.61. The topological polar surface area (TPSA) is 83.6 Å². The molecule has 0 aromatic heterocycles. The number of benzene rings is 1. The number of hydrogen-bond donors (Lipinski definition) is 2. The molecule has 1 aromatic carbocycles. The quantitative estimate of drug-likeness (QED) is 0.878. The fraction of sp³-hybridized carbons (Fsp3) is 0.385. The Morgan fingerprint density at radius 2 is 2.21 bits per heavy atom. The number of carbonyl (C=O) groups excluding carboxylic acids is 1. The number of amides is 1. The number of aliphatic carboxylic acids is 1. The Labute approximate surface area is 119 Å². The minimum absolute atomic E-state index is 0.0893. The second-order valence-corrected chi connectivity index (χ2v) is 5.47. The van der Waals surface area contributed by atoms with Gasteiger partial charge in [0, 0.05) is 23.1 Å². The Hall–Kier alpha value is -1.40. The van der Waals surface area contributed by atoms with Crippen molar-refractivity contribution in [1.82, 2.24) is 0 Å². The number of rotatable bonds is 4. The number of halogens is 1. The van der Waals surface area contributed by atoms with Gasteiger partial charge in [0.2, 0.25) is 5.91 Å². The second kappa shape index (κ2) is 5.71. The van der Waals surface area contributed by atoms with Gasteiger partial charge in [-0.15, -0.1) is 0 Å². The first-order chi connectivity index (χ1) is 8.99. The van der Waals surface area contributed by atoms with E-state index in [1.807, 2.05) is 18.2 Å². The van der Waals surface area contributed by atoms with E-state index in [1.165, 1.54) is 0 Å². The molecule has 3 N–H and O–H groups in total. The molecule has 1 aromatic rings. The summed E-state index contributed by atoms with van der Waals surface area (Å²) >= 11 is 3.40. The van der Waals surface area contributed by atoms with Gasteiger partial charge in [0.1, 0.15) is 0 Å². The zero-order valence-electron chi connectivity index (χ0n) is 10.3. The van der Waals surface area contributed by atoms with E-state index in [0.29, 0.717) is 6.54 Å². The molecule has 0 fully saturated rings. The standard InChI is InChI=1S/C13H15BrN2O3/c14-9-1-3-11-8(7-9)5-6-16(11)13(19)10(15)2-4-12(17)18/h1,3,7,10H,2,4-6,15H2,(H,17,18)/t10-/m0/s1. The van der Waals surface area contributed by atoms with Crippen LogP contribution in [0.5, 0.6) is 0 Å². The third-order valence-corrected chi connectivity index (χ3v) is 3.68. The first-order valence-corrected chi connectivity index (χ1v) is 6.85. The van der Waals surface area contributed by atoms with E-state index in [1.54, 1.807) is 4.90 Å². The van der Waals surface area contributed by atoms with Crippen LogP contribution >= 0.6 is 15.9 Å². The lowest BCUT2D eigenvalue weighted by Gasteiger charge is -2.21. The number of carboxylic acids is 1. The number of fused-ring (bicyclic) bond motifs is 1. The normalized spacial score (nSPS) is 15.2. The number of carboxylic acid groups (broad SMARTS) is 1. The van der Waals surface area contributed by atoms with Crippen molar-refractivity contribution in [3.05, 3.63) is 28.2 Å². The first kappa shape index (κ1) is 14.0. The SMILES string of the molecule is N[C@@H](CCC(=O)O)C(=O)N1CCc2cc(Br)ccc21. The Bertz CT molecular complexity index is 519. The lowest BCUT2D eigenvalue weighted by molar-refractivity contribution is -0.137. The molecule has 1 aliphatic rings. The molecular formula is C13H15BrN2O3. The van der Waals surface area contributed by atoms with Crippen molar-refractivity contribution in [2.45, 2.75) is 25.3 Å². The Morgan fingerprint density at radius 1 is 1.47 bits per heavy atom. The maximum absolute atomic E-state index is 12.2. The van der Waals surface area contributed by atoms with E-state index < -0.39 is 12.0 Å². The van der Waals surface area contributed by atoms with Gasteiger partial charge in [-0.25, -0.2) is 0 Å². The highest BCUT2D eigenvalue weighted by molar-refractivity contribution is 9.10. The highest BCUT2D eigenvalue weighted by Crippen LogP contribution is 2.30. The zero-order chi connectivity index (χ0) is 14.0. The summed E-state index contributed by atoms with van der Waals surface area (Å²) in [5.74, 6) is -1.14. The molecule has 1 heterocycles. The van der Waals surface area contributed by atoms with Gasteiger partial charge in [-0.1, -0.05) is 15.9 Å². The lowest BCUT2D eigenvalue weighted by atomic mass is 10.1. The van der Waals surface area contributed by atoms with Crippen molar-refractivity contribution in [1.29, 1.82) is 0 Å². The van der Waals surface area contributed by atoms with Crippen molar-refractivity contribution in [2.75, 3.05) is 11.4 Å². The van der Waals surface area contributed by atoms with E-state index in [2.05, 4.69) is 15.9 Å². The van der Waals surface area contributed by atoms with Crippen LogP contribution in [-0.2, 0) is 16.0 Å². The molecule has 1 aliphatic heterocycles. The van der Waals surface area contributed by atoms with Crippen LogP contribution in [0.4, 0.5) is 5.69 Å². The number of hydrogen-bond acceptors (Lipinski definition) is 3. The monoisotopic (exact) mass is 326 g/mol. The summed E-state index contributed by atoms with van der Waals surface area (Å²) in [6.45, 7) is 0.603. The molecule has 0 aliphatic carbocycles. The smallest absolute Gasteiger partial charge is 0.303 e. The Morgan fingerprint density at radius 3 is 2.89 bits per heavy atom. The number of nitrogens with zero attached hydrogens (tertiary/aromatic N) is 1. The number of anilines is 1. The largest absolute Gasteiger partial charge is 0.481 e. The van der Waals surface area contributed by atoms with Crippen LogP contribution in [0.1, 0.15) is 18.4 Å². The summed E-state index contributed by atoms with van der Waals surface area (Å²) in [6, 6.07) is 5.00. The third kappa shape index (κ3) is 3.13. The lowest BCUT2D eigenvalue weighted by Crippen LogP contribution is -2.43. The molecule has 0 radical (unpaired) electrons. The van der Waals surface area contributed by atoms with E-state index in [0.717, 1.165) is 22.1 Å². The highest BCUT2D eigenvalue weighted by Gasteiger charge is 2.28. The fourth-order valence-electron chi connectivity index (χ4n) is 2.20. The molecular weight excluding hydrogens is 312 g/mol. The van der Waals surface area contributed by atoms with Crippen molar-refractivity contribution in [2.24, 2.45) is 5.73 Å². The minimum atomic E-state index is -0.936. The maximum atomic E-state index is 12.2. The molecule has 0 saturated heterocycles. The molecule has 1 amide bonds. The summed E-state index contributed by atoms with van der Waals surface area (Å²) < 4.78 is 0.982. The first-order valence-electron chi connectivity index (χ1n) is 6.06. The van der Waals surface area contributed by atoms with Gasteiger partial charge in [-0.2, -0.15) is 0 Å². The number of carbonyl (C=O) groups is 2. The molecule has 0 unspecified atom stereocenters. The van der Waals surface area contributed by atoms with Gasteiger partial charge >= 0.3 is 5.97 Å². The second-order valence-electron chi connectivity index (χ2n) is 4.55. The van der Waals surface area contributed by atoms with E-state index >= 15 is 0 Å². The van der Waals surface area contributed by atoms with Gasteiger partial charge in [0.05, 0.1) is 6.04 Å². The average molecular weight is 327 g/mol. The van der Waals surface area contributed by atoms with Gasteiger partial charge < -0.3 is 15.7 Å². The fourth-order valence-corrected chi connectivity index (χ4v) is 2.61. The molecule has 0 spiro atoms. The number of nitrogens with two attached hydrogens (primary N) is 1. The maximum Gasteiger partial charge on any atom is 0.303 e. The van der Waals surface area contributed by atoms with Gasteiger partial charge in [0.15, 0.2) is 0 Å². The van der Waals surface area contributed by atoms with E-state index in [4.69, 9.17) is 10.8 Å². The molecule has 19 heavy (non-hydrogen) atoms.